The summed E-state index contributed by atoms with van der Waals surface area (Å²) in [6.45, 7) is 5.99. The van der Waals surface area contributed by atoms with Crippen LogP contribution >= 0.6 is 0 Å². The molecule has 0 aromatic carbocycles. The van der Waals surface area contributed by atoms with Gasteiger partial charge in [0.2, 0.25) is 0 Å². The molecule has 0 aromatic heterocycles. The number of ether oxygens (including phenoxy) is 2. The summed E-state index contributed by atoms with van der Waals surface area (Å²) < 4.78 is 10.5. The zero-order chi connectivity index (χ0) is 13.1. The van der Waals surface area contributed by atoms with Crippen molar-refractivity contribution < 1.29 is 19.1 Å². The van der Waals surface area contributed by atoms with E-state index in [0.717, 1.165) is 0 Å². The molecule has 0 saturated carbocycles. The first-order valence-corrected chi connectivity index (χ1v) is 5.62. The van der Waals surface area contributed by atoms with E-state index in [1.807, 2.05) is 20.8 Å². The van der Waals surface area contributed by atoms with Gasteiger partial charge in [-0.05, 0) is 26.8 Å². The van der Waals surface area contributed by atoms with Crippen molar-refractivity contribution in [2.75, 3.05) is 20.8 Å². The summed E-state index contributed by atoms with van der Waals surface area (Å²) >= 11 is 0. The van der Waals surface area contributed by atoms with E-state index in [4.69, 9.17) is 14.3 Å². The van der Waals surface area contributed by atoms with Gasteiger partial charge in [-0.3, -0.25) is 0 Å². The minimum Gasteiger partial charge on any atom is -0.350 e. The van der Waals surface area contributed by atoms with E-state index < -0.39 is 11.2 Å². The summed E-state index contributed by atoms with van der Waals surface area (Å²) in [5, 5.41) is 1.50. The number of hydrogen-bond donors (Lipinski definition) is 0. The van der Waals surface area contributed by atoms with E-state index in [1.54, 1.807) is 26.5 Å². The molecule has 1 rings (SSSR count). The first-order valence-electron chi connectivity index (χ1n) is 5.62. The van der Waals surface area contributed by atoms with Gasteiger partial charge in [-0.15, -0.1) is 0 Å². The van der Waals surface area contributed by atoms with Crippen LogP contribution in [-0.2, 0) is 19.1 Å². The molecule has 0 bridgehead atoms. The van der Waals surface area contributed by atoms with Crippen molar-refractivity contribution >= 4 is 5.97 Å². The van der Waals surface area contributed by atoms with Crippen LogP contribution in [0.3, 0.4) is 0 Å². The molecule has 0 radical (unpaired) electrons. The third-order valence-electron chi connectivity index (χ3n) is 2.68. The van der Waals surface area contributed by atoms with Gasteiger partial charge in [0.1, 0.15) is 0 Å². The fourth-order valence-electron chi connectivity index (χ4n) is 1.36. The third kappa shape index (κ3) is 3.44. The van der Waals surface area contributed by atoms with Gasteiger partial charge < -0.3 is 14.3 Å². The molecule has 0 fully saturated rings. The Morgan fingerprint density at radius 1 is 1.29 bits per heavy atom. The van der Waals surface area contributed by atoms with Gasteiger partial charge in [0.25, 0.3) is 0 Å². The molecular formula is C12H21NO4. The van der Waals surface area contributed by atoms with Gasteiger partial charge in [-0.1, -0.05) is 0 Å². The Morgan fingerprint density at radius 3 is 2.24 bits per heavy atom. The number of nitrogens with zero attached hydrogens (tertiary/aromatic N) is 1. The highest BCUT2D eigenvalue weighted by Gasteiger charge is 2.32. The van der Waals surface area contributed by atoms with Crippen molar-refractivity contribution in [3.63, 3.8) is 0 Å². The Kier molecular flexibility index (Phi) is 4.16. The van der Waals surface area contributed by atoms with Crippen molar-refractivity contribution in [1.82, 2.24) is 5.06 Å². The van der Waals surface area contributed by atoms with Crippen LogP contribution < -0.4 is 0 Å². The van der Waals surface area contributed by atoms with E-state index >= 15 is 0 Å². The molecular weight excluding hydrogens is 222 g/mol. The number of hydroxylamine groups is 2. The molecule has 98 valence electrons. The van der Waals surface area contributed by atoms with Gasteiger partial charge in [0.15, 0.2) is 5.79 Å². The van der Waals surface area contributed by atoms with Crippen LogP contribution in [0.1, 0.15) is 27.2 Å². The molecule has 0 N–H and O–H groups in total. The summed E-state index contributed by atoms with van der Waals surface area (Å²) in [6.07, 6.45) is 4.01. The fourth-order valence-corrected chi connectivity index (χ4v) is 1.36. The van der Waals surface area contributed by atoms with E-state index in [-0.39, 0.29) is 5.97 Å². The zero-order valence-corrected chi connectivity index (χ0v) is 11.1. The van der Waals surface area contributed by atoms with Gasteiger partial charge >= 0.3 is 5.97 Å². The standard InChI is InChI=1S/C12H21NO4/c1-11(2,3)10(14)17-13-8-6-12(15-4,16-5)7-9-13/h6,8H,7,9H2,1-5H3. The van der Waals surface area contributed by atoms with Gasteiger partial charge in [-0.25, -0.2) is 9.86 Å². The summed E-state index contributed by atoms with van der Waals surface area (Å²) in [5.41, 5.74) is -0.509. The SMILES string of the molecule is COC1(OC)C=CN(OC(=O)C(C)(C)C)CC1. The Labute approximate surface area is 102 Å². The Balaban J connectivity index is 2.60. The van der Waals surface area contributed by atoms with Crippen molar-refractivity contribution in [3.05, 3.63) is 12.3 Å². The maximum absolute atomic E-state index is 11.7. The number of hydrogen-bond acceptors (Lipinski definition) is 5. The van der Waals surface area contributed by atoms with Crippen LogP contribution in [0.4, 0.5) is 0 Å². The smallest absolute Gasteiger partial charge is 0.337 e. The maximum atomic E-state index is 11.7. The fraction of sp³-hybridized carbons (Fsp3) is 0.750. The Hall–Kier alpha value is -1.07. The number of rotatable bonds is 3. The predicted molar refractivity (Wildman–Crippen MR) is 62.8 cm³/mol. The molecule has 0 spiro atoms. The molecule has 0 atom stereocenters. The number of carbonyl (C=O) groups is 1. The molecule has 0 saturated heterocycles. The predicted octanol–water partition coefficient (Wildman–Crippen LogP) is 1.70. The van der Waals surface area contributed by atoms with E-state index in [2.05, 4.69) is 0 Å². The lowest BCUT2D eigenvalue weighted by Crippen LogP contribution is -2.41. The van der Waals surface area contributed by atoms with E-state index in [0.29, 0.717) is 13.0 Å². The number of carbonyl (C=O) groups excluding carboxylic acids is 1. The lowest BCUT2D eigenvalue weighted by atomic mass is 9.98. The van der Waals surface area contributed by atoms with Gasteiger partial charge in [0, 0.05) is 26.8 Å². The highest BCUT2D eigenvalue weighted by Crippen LogP contribution is 2.24. The van der Waals surface area contributed by atoms with Crippen molar-refractivity contribution in [3.8, 4) is 0 Å². The molecule has 1 heterocycles. The quantitative estimate of drug-likeness (QED) is 0.706. The molecule has 0 unspecified atom stereocenters. The Morgan fingerprint density at radius 2 is 1.88 bits per heavy atom. The number of methoxy groups -OCH3 is 2. The molecule has 5 heteroatoms. The van der Waals surface area contributed by atoms with Crippen LogP contribution in [-0.4, -0.2) is 37.6 Å². The van der Waals surface area contributed by atoms with E-state index in [9.17, 15) is 4.79 Å². The highest BCUT2D eigenvalue weighted by molar-refractivity contribution is 5.75. The Bertz CT molecular complexity index is 302. The second-order valence-electron chi connectivity index (χ2n) is 5.06. The molecule has 17 heavy (non-hydrogen) atoms. The third-order valence-corrected chi connectivity index (χ3v) is 2.68. The molecule has 0 amide bonds. The summed E-state index contributed by atoms with van der Waals surface area (Å²) in [6, 6.07) is 0. The van der Waals surface area contributed by atoms with Crippen LogP contribution in [0.2, 0.25) is 0 Å². The maximum Gasteiger partial charge on any atom is 0.337 e. The van der Waals surface area contributed by atoms with Crippen LogP contribution in [0, 0.1) is 5.41 Å². The van der Waals surface area contributed by atoms with Gasteiger partial charge in [0.05, 0.1) is 12.0 Å². The minimum atomic E-state index is -0.704. The first-order chi connectivity index (χ1) is 7.83. The highest BCUT2D eigenvalue weighted by atomic mass is 16.7. The average Bonchev–Trinajstić information content (AvgIpc) is 2.29. The lowest BCUT2D eigenvalue weighted by Gasteiger charge is -2.34. The van der Waals surface area contributed by atoms with Gasteiger partial charge in [-0.2, -0.15) is 0 Å². The monoisotopic (exact) mass is 243 g/mol. The second kappa shape index (κ2) is 5.06. The lowest BCUT2D eigenvalue weighted by molar-refractivity contribution is -0.214. The molecule has 1 aliphatic rings. The van der Waals surface area contributed by atoms with Crippen molar-refractivity contribution in [2.24, 2.45) is 5.41 Å². The summed E-state index contributed by atoms with van der Waals surface area (Å²) in [4.78, 5) is 16.9. The zero-order valence-electron chi connectivity index (χ0n) is 11.1. The van der Waals surface area contributed by atoms with Crippen molar-refractivity contribution in [2.45, 2.75) is 33.0 Å². The molecule has 0 aliphatic carbocycles. The average molecular weight is 243 g/mol. The minimum absolute atomic E-state index is 0.260. The normalized spacial score (nSPS) is 19.2. The van der Waals surface area contributed by atoms with E-state index in [1.165, 1.54) is 5.06 Å². The largest absolute Gasteiger partial charge is 0.350 e. The van der Waals surface area contributed by atoms with Crippen molar-refractivity contribution in [1.29, 1.82) is 0 Å². The summed E-state index contributed by atoms with van der Waals surface area (Å²) in [5.74, 6) is -0.963. The first kappa shape index (κ1) is 14.0. The topological polar surface area (TPSA) is 48.0 Å². The second-order valence-corrected chi connectivity index (χ2v) is 5.06. The molecule has 0 aromatic rings. The molecule has 5 nitrogen and oxygen atoms in total. The van der Waals surface area contributed by atoms with Crippen LogP contribution in [0.15, 0.2) is 12.3 Å². The van der Waals surface area contributed by atoms with Crippen LogP contribution in [0.25, 0.3) is 0 Å². The summed E-state index contributed by atoms with van der Waals surface area (Å²) in [7, 11) is 3.18. The molecule has 1 aliphatic heterocycles. The van der Waals surface area contributed by atoms with Crippen LogP contribution in [0.5, 0.6) is 0 Å².